The number of rotatable bonds is 13. The van der Waals surface area contributed by atoms with Gasteiger partial charge in [0.2, 0.25) is 0 Å². The van der Waals surface area contributed by atoms with Gasteiger partial charge in [-0.1, -0.05) is 104 Å². The third kappa shape index (κ3) is 20.3. The molecular formula is C16H35Rb. The van der Waals surface area contributed by atoms with E-state index in [-0.39, 0.29) is 59.6 Å². The average Bonchev–Trinajstić information content (AvgIpc) is 2.31. The standard InChI is InChI=1S/C16H34.Rb.H/c1-3-5-7-9-11-13-15-16-14-12-10-8-6-4-2;;/h3-16H2,1-2H3;;/q;+1;-1. The van der Waals surface area contributed by atoms with Crippen molar-refractivity contribution in [3.63, 3.8) is 0 Å². The summed E-state index contributed by atoms with van der Waals surface area (Å²) in [7, 11) is 0. The summed E-state index contributed by atoms with van der Waals surface area (Å²) in [5.74, 6) is 0. The predicted octanol–water partition coefficient (Wildman–Crippen LogP) is 3.60. The molecule has 17 heavy (non-hydrogen) atoms. The summed E-state index contributed by atoms with van der Waals surface area (Å²) in [6, 6.07) is 0. The van der Waals surface area contributed by atoms with Crippen LogP contribution in [0.4, 0.5) is 0 Å². The molecule has 0 aliphatic carbocycles. The Labute approximate surface area is 161 Å². The van der Waals surface area contributed by atoms with Crippen molar-refractivity contribution in [3.8, 4) is 0 Å². The molecule has 0 saturated heterocycles. The fourth-order valence-corrected chi connectivity index (χ4v) is 2.27. The first-order valence-electron chi connectivity index (χ1n) is 7.91. The maximum atomic E-state index is 2.29. The Kier molecular flexibility index (Phi) is 25.0. The summed E-state index contributed by atoms with van der Waals surface area (Å²) in [6.45, 7) is 4.58. The SMILES string of the molecule is CCCCCCCCCCCCCCCC.[H-].[Rb+]. The Morgan fingerprint density at radius 2 is 0.588 bits per heavy atom. The van der Waals surface area contributed by atoms with Crippen molar-refractivity contribution < 1.29 is 59.6 Å². The van der Waals surface area contributed by atoms with Crippen molar-refractivity contribution in [2.24, 2.45) is 0 Å². The van der Waals surface area contributed by atoms with Crippen LogP contribution in [-0.2, 0) is 0 Å². The third-order valence-electron chi connectivity index (χ3n) is 3.46. The van der Waals surface area contributed by atoms with Crippen molar-refractivity contribution in [1.82, 2.24) is 0 Å². The molecule has 0 rings (SSSR count). The molecular weight excluding hydrogens is 278 g/mol. The van der Waals surface area contributed by atoms with E-state index in [1.807, 2.05) is 0 Å². The molecule has 0 spiro atoms. The molecule has 0 heterocycles. The molecule has 0 fully saturated rings. The van der Waals surface area contributed by atoms with E-state index in [9.17, 15) is 0 Å². The van der Waals surface area contributed by atoms with Gasteiger partial charge in [-0.05, 0) is 0 Å². The summed E-state index contributed by atoms with van der Waals surface area (Å²) in [4.78, 5) is 0. The largest absolute Gasteiger partial charge is 1.00 e. The second-order valence-electron chi connectivity index (χ2n) is 5.24. The molecule has 0 aromatic heterocycles. The van der Waals surface area contributed by atoms with Crippen LogP contribution in [0.5, 0.6) is 0 Å². The summed E-state index contributed by atoms with van der Waals surface area (Å²) in [5.41, 5.74) is 0. The first-order valence-corrected chi connectivity index (χ1v) is 7.91. The Balaban J connectivity index is -0.00000112. The minimum absolute atomic E-state index is 0. The van der Waals surface area contributed by atoms with Gasteiger partial charge in [0.15, 0.2) is 0 Å². The zero-order chi connectivity index (χ0) is 11.9. The molecule has 0 unspecified atom stereocenters. The zero-order valence-electron chi connectivity index (χ0n) is 13.9. The molecule has 0 amide bonds. The van der Waals surface area contributed by atoms with E-state index in [0.717, 1.165) is 0 Å². The second-order valence-corrected chi connectivity index (χ2v) is 5.24. The fraction of sp³-hybridized carbons (Fsp3) is 1.00. The van der Waals surface area contributed by atoms with E-state index in [2.05, 4.69) is 13.8 Å². The maximum Gasteiger partial charge on any atom is 1.00 e. The summed E-state index contributed by atoms with van der Waals surface area (Å²) in [6.07, 6.45) is 20.4. The molecule has 0 aliphatic heterocycles. The third-order valence-corrected chi connectivity index (χ3v) is 3.46. The molecule has 0 bridgehead atoms. The van der Waals surface area contributed by atoms with E-state index in [4.69, 9.17) is 0 Å². The molecule has 0 nitrogen and oxygen atoms in total. The summed E-state index contributed by atoms with van der Waals surface area (Å²) in [5, 5.41) is 0. The first-order chi connectivity index (χ1) is 7.91. The minimum Gasteiger partial charge on any atom is -1.00 e. The Bertz CT molecular complexity index is 104. The quantitative estimate of drug-likeness (QED) is 0.456. The normalized spacial score (nSPS) is 10.2. The van der Waals surface area contributed by atoms with Crippen molar-refractivity contribution in [1.29, 1.82) is 0 Å². The van der Waals surface area contributed by atoms with E-state index in [0.29, 0.717) is 0 Å². The van der Waals surface area contributed by atoms with Gasteiger partial charge >= 0.3 is 58.2 Å². The molecule has 0 radical (unpaired) electrons. The molecule has 100 valence electrons. The van der Waals surface area contributed by atoms with Gasteiger partial charge in [-0.25, -0.2) is 0 Å². The van der Waals surface area contributed by atoms with Crippen LogP contribution in [0.25, 0.3) is 0 Å². The molecule has 1 heteroatoms. The Hall–Kier alpha value is 1.81. The van der Waals surface area contributed by atoms with Gasteiger partial charge < -0.3 is 1.43 Å². The van der Waals surface area contributed by atoms with E-state index in [1.165, 1.54) is 89.9 Å². The Morgan fingerprint density at radius 1 is 0.412 bits per heavy atom. The van der Waals surface area contributed by atoms with Crippen LogP contribution >= 0.6 is 0 Å². The average molecular weight is 313 g/mol. The van der Waals surface area contributed by atoms with Crippen LogP contribution in [0, 0.1) is 0 Å². The molecule has 0 aliphatic rings. The fourth-order valence-electron chi connectivity index (χ4n) is 2.27. The molecule has 0 atom stereocenters. The van der Waals surface area contributed by atoms with Crippen LogP contribution in [0.1, 0.15) is 105 Å². The summed E-state index contributed by atoms with van der Waals surface area (Å²) < 4.78 is 0. The van der Waals surface area contributed by atoms with E-state index < -0.39 is 0 Å². The van der Waals surface area contributed by atoms with Crippen LogP contribution in [-0.4, -0.2) is 0 Å². The van der Waals surface area contributed by atoms with Crippen molar-refractivity contribution in [2.45, 2.75) is 104 Å². The van der Waals surface area contributed by atoms with Crippen LogP contribution in [0.15, 0.2) is 0 Å². The predicted molar refractivity (Wildman–Crippen MR) is 77.1 cm³/mol. The zero-order valence-corrected chi connectivity index (χ0v) is 17.8. The van der Waals surface area contributed by atoms with Crippen molar-refractivity contribution >= 4 is 0 Å². The van der Waals surface area contributed by atoms with Crippen LogP contribution in [0.3, 0.4) is 0 Å². The van der Waals surface area contributed by atoms with Crippen molar-refractivity contribution in [3.05, 3.63) is 0 Å². The second kappa shape index (κ2) is 20.1. The monoisotopic (exact) mass is 312 g/mol. The smallest absolute Gasteiger partial charge is 1.00 e. The molecule has 0 saturated carbocycles. The van der Waals surface area contributed by atoms with Crippen LogP contribution < -0.4 is 58.2 Å². The van der Waals surface area contributed by atoms with Crippen molar-refractivity contribution in [2.75, 3.05) is 0 Å². The maximum absolute atomic E-state index is 2.29. The van der Waals surface area contributed by atoms with E-state index in [1.54, 1.807) is 0 Å². The topological polar surface area (TPSA) is 0 Å². The van der Waals surface area contributed by atoms with Gasteiger partial charge in [-0.2, -0.15) is 0 Å². The van der Waals surface area contributed by atoms with Gasteiger partial charge in [0.1, 0.15) is 0 Å². The molecule has 0 N–H and O–H groups in total. The minimum atomic E-state index is 0. The Morgan fingerprint density at radius 3 is 0.765 bits per heavy atom. The van der Waals surface area contributed by atoms with Gasteiger partial charge in [0.05, 0.1) is 0 Å². The first kappa shape index (κ1) is 21.1. The number of unbranched alkanes of at least 4 members (excludes halogenated alkanes) is 13. The summed E-state index contributed by atoms with van der Waals surface area (Å²) >= 11 is 0. The van der Waals surface area contributed by atoms with E-state index >= 15 is 0 Å². The molecule has 0 aromatic carbocycles. The van der Waals surface area contributed by atoms with Gasteiger partial charge in [0.25, 0.3) is 0 Å². The van der Waals surface area contributed by atoms with Gasteiger partial charge in [0, 0.05) is 0 Å². The van der Waals surface area contributed by atoms with Gasteiger partial charge in [-0.15, -0.1) is 0 Å². The van der Waals surface area contributed by atoms with Gasteiger partial charge in [-0.3, -0.25) is 0 Å². The van der Waals surface area contributed by atoms with Crippen LogP contribution in [0.2, 0.25) is 0 Å². The number of hydrogen-bond acceptors (Lipinski definition) is 0. The number of hydrogen-bond donors (Lipinski definition) is 0. The molecule has 0 aromatic rings.